The summed E-state index contributed by atoms with van der Waals surface area (Å²) in [6.45, 7) is 1.96. The van der Waals surface area contributed by atoms with E-state index in [4.69, 9.17) is 22.1 Å². The summed E-state index contributed by atoms with van der Waals surface area (Å²) < 4.78 is 5.27. The third-order valence-electron chi connectivity index (χ3n) is 2.93. The van der Waals surface area contributed by atoms with Gasteiger partial charge in [-0.15, -0.1) is 0 Å². The van der Waals surface area contributed by atoms with Gasteiger partial charge < -0.3 is 10.5 Å². The molecule has 3 nitrogen and oxygen atoms in total. The highest BCUT2D eigenvalue weighted by Gasteiger charge is 2.14. The standard InChI is InChI=1S/C14H15ClN2O/c1-9-3-4-10(7-12(9)15)14(16)11-5-6-17-8-13(11)18-2/h3-8,14H,16H2,1-2H3. The first kappa shape index (κ1) is 12.9. The Balaban J connectivity index is 2.41. The van der Waals surface area contributed by atoms with Crippen molar-refractivity contribution in [2.24, 2.45) is 5.73 Å². The first-order valence-electron chi connectivity index (χ1n) is 5.63. The number of aromatic nitrogens is 1. The largest absolute Gasteiger partial charge is 0.495 e. The summed E-state index contributed by atoms with van der Waals surface area (Å²) in [5.74, 6) is 0.682. The lowest BCUT2D eigenvalue weighted by Crippen LogP contribution is -2.13. The van der Waals surface area contributed by atoms with Crippen molar-refractivity contribution < 1.29 is 4.74 Å². The van der Waals surface area contributed by atoms with Crippen molar-refractivity contribution in [3.05, 3.63) is 58.4 Å². The molecule has 18 heavy (non-hydrogen) atoms. The first-order valence-corrected chi connectivity index (χ1v) is 6.01. The molecule has 0 aliphatic carbocycles. The fourth-order valence-corrected chi connectivity index (χ4v) is 1.99. The Morgan fingerprint density at radius 1 is 1.33 bits per heavy atom. The number of hydrogen-bond donors (Lipinski definition) is 1. The van der Waals surface area contributed by atoms with Gasteiger partial charge in [-0.1, -0.05) is 23.7 Å². The molecule has 0 radical (unpaired) electrons. The van der Waals surface area contributed by atoms with Crippen molar-refractivity contribution in [2.45, 2.75) is 13.0 Å². The summed E-state index contributed by atoms with van der Waals surface area (Å²) in [5.41, 5.74) is 9.13. The zero-order valence-electron chi connectivity index (χ0n) is 10.4. The van der Waals surface area contributed by atoms with Crippen molar-refractivity contribution in [1.29, 1.82) is 0 Å². The van der Waals surface area contributed by atoms with Crippen LogP contribution in [0.1, 0.15) is 22.7 Å². The van der Waals surface area contributed by atoms with Gasteiger partial charge >= 0.3 is 0 Å². The molecule has 4 heteroatoms. The third-order valence-corrected chi connectivity index (χ3v) is 3.33. The Morgan fingerprint density at radius 2 is 2.11 bits per heavy atom. The second-order valence-electron chi connectivity index (χ2n) is 4.10. The molecule has 0 bridgehead atoms. The highest BCUT2D eigenvalue weighted by atomic mass is 35.5. The summed E-state index contributed by atoms with van der Waals surface area (Å²) in [6.07, 6.45) is 3.36. The van der Waals surface area contributed by atoms with Gasteiger partial charge in [-0.2, -0.15) is 0 Å². The average Bonchev–Trinajstić information content (AvgIpc) is 2.41. The van der Waals surface area contributed by atoms with Crippen LogP contribution < -0.4 is 10.5 Å². The van der Waals surface area contributed by atoms with E-state index in [9.17, 15) is 0 Å². The maximum atomic E-state index is 6.25. The van der Waals surface area contributed by atoms with E-state index >= 15 is 0 Å². The molecule has 0 saturated heterocycles. The molecule has 0 aliphatic rings. The Morgan fingerprint density at radius 3 is 2.78 bits per heavy atom. The number of ether oxygens (including phenoxy) is 1. The second-order valence-corrected chi connectivity index (χ2v) is 4.51. The Labute approximate surface area is 112 Å². The molecule has 0 amide bonds. The number of aryl methyl sites for hydroxylation is 1. The Kier molecular flexibility index (Phi) is 3.84. The zero-order chi connectivity index (χ0) is 13.1. The minimum absolute atomic E-state index is 0.277. The summed E-state index contributed by atoms with van der Waals surface area (Å²) in [5, 5.41) is 0.718. The van der Waals surface area contributed by atoms with Gasteiger partial charge in [0.2, 0.25) is 0 Å². The normalized spacial score (nSPS) is 12.2. The van der Waals surface area contributed by atoms with E-state index in [1.807, 2.05) is 31.2 Å². The molecule has 1 unspecified atom stereocenters. The number of rotatable bonds is 3. The monoisotopic (exact) mass is 262 g/mol. The van der Waals surface area contributed by atoms with Crippen molar-refractivity contribution in [3.8, 4) is 5.75 Å². The molecule has 0 aliphatic heterocycles. The maximum Gasteiger partial charge on any atom is 0.142 e. The third kappa shape index (κ3) is 2.47. The van der Waals surface area contributed by atoms with Crippen LogP contribution in [0.2, 0.25) is 5.02 Å². The molecule has 2 N–H and O–H groups in total. The molecule has 2 aromatic rings. The lowest BCUT2D eigenvalue weighted by Gasteiger charge is -2.16. The van der Waals surface area contributed by atoms with Crippen molar-refractivity contribution in [3.63, 3.8) is 0 Å². The lowest BCUT2D eigenvalue weighted by molar-refractivity contribution is 0.406. The fourth-order valence-electron chi connectivity index (χ4n) is 1.80. The van der Waals surface area contributed by atoms with E-state index in [0.717, 1.165) is 21.7 Å². The fraction of sp³-hybridized carbons (Fsp3) is 0.214. The van der Waals surface area contributed by atoms with Gasteiger partial charge in [-0.3, -0.25) is 4.98 Å². The lowest BCUT2D eigenvalue weighted by atomic mass is 9.99. The number of hydrogen-bond acceptors (Lipinski definition) is 3. The molecule has 94 valence electrons. The van der Waals surface area contributed by atoms with Gasteiger partial charge in [0.1, 0.15) is 5.75 Å². The van der Waals surface area contributed by atoms with Gasteiger partial charge in [0.25, 0.3) is 0 Å². The summed E-state index contributed by atoms with van der Waals surface area (Å²) in [7, 11) is 1.61. The van der Waals surface area contributed by atoms with Crippen LogP contribution in [0.4, 0.5) is 0 Å². The van der Waals surface area contributed by atoms with Gasteiger partial charge in [0, 0.05) is 16.8 Å². The minimum atomic E-state index is -0.277. The molecule has 2 rings (SSSR count). The predicted octanol–water partition coefficient (Wildman–Crippen LogP) is 3.10. The van der Waals surface area contributed by atoms with Crippen LogP contribution in [-0.2, 0) is 0 Å². The number of nitrogens with zero attached hydrogens (tertiary/aromatic N) is 1. The van der Waals surface area contributed by atoms with Gasteiger partial charge in [0.05, 0.1) is 19.3 Å². The van der Waals surface area contributed by atoms with Crippen molar-refractivity contribution in [1.82, 2.24) is 4.98 Å². The number of methoxy groups -OCH3 is 1. The smallest absolute Gasteiger partial charge is 0.142 e. The van der Waals surface area contributed by atoms with E-state index in [2.05, 4.69) is 4.98 Å². The highest BCUT2D eigenvalue weighted by molar-refractivity contribution is 6.31. The number of halogens is 1. The average molecular weight is 263 g/mol. The molecule has 1 heterocycles. The van der Waals surface area contributed by atoms with Crippen LogP contribution in [0.25, 0.3) is 0 Å². The summed E-state index contributed by atoms with van der Waals surface area (Å²) in [4.78, 5) is 4.02. The molecule has 1 atom stereocenters. The minimum Gasteiger partial charge on any atom is -0.495 e. The zero-order valence-corrected chi connectivity index (χ0v) is 11.1. The summed E-state index contributed by atoms with van der Waals surface area (Å²) in [6, 6.07) is 7.41. The van der Waals surface area contributed by atoms with E-state index in [1.54, 1.807) is 19.5 Å². The molecule has 1 aromatic heterocycles. The molecule has 0 spiro atoms. The van der Waals surface area contributed by atoms with E-state index in [0.29, 0.717) is 5.75 Å². The second kappa shape index (κ2) is 5.38. The summed E-state index contributed by atoms with van der Waals surface area (Å²) >= 11 is 6.12. The Bertz CT molecular complexity index is 557. The van der Waals surface area contributed by atoms with Gasteiger partial charge in [-0.05, 0) is 30.2 Å². The SMILES string of the molecule is COc1cnccc1C(N)c1ccc(C)c(Cl)c1. The number of benzene rings is 1. The van der Waals surface area contributed by atoms with Crippen molar-refractivity contribution in [2.75, 3.05) is 7.11 Å². The molecule has 1 aromatic carbocycles. The highest BCUT2D eigenvalue weighted by Crippen LogP contribution is 2.29. The quantitative estimate of drug-likeness (QED) is 0.925. The van der Waals surface area contributed by atoms with Gasteiger partial charge in [-0.25, -0.2) is 0 Å². The van der Waals surface area contributed by atoms with Crippen LogP contribution in [0.3, 0.4) is 0 Å². The first-order chi connectivity index (χ1) is 8.63. The van der Waals surface area contributed by atoms with Crippen LogP contribution in [0.5, 0.6) is 5.75 Å². The molecule has 0 fully saturated rings. The topological polar surface area (TPSA) is 48.1 Å². The van der Waals surface area contributed by atoms with Crippen LogP contribution in [-0.4, -0.2) is 12.1 Å². The number of pyridine rings is 1. The maximum absolute atomic E-state index is 6.25. The molecular formula is C14H15ClN2O. The number of nitrogens with two attached hydrogens (primary N) is 1. The Hall–Kier alpha value is -1.58. The van der Waals surface area contributed by atoms with Crippen LogP contribution in [0, 0.1) is 6.92 Å². The molecular weight excluding hydrogens is 248 g/mol. The van der Waals surface area contributed by atoms with Crippen molar-refractivity contribution >= 4 is 11.6 Å². The van der Waals surface area contributed by atoms with Crippen LogP contribution in [0.15, 0.2) is 36.7 Å². The van der Waals surface area contributed by atoms with E-state index in [-0.39, 0.29) is 6.04 Å². The van der Waals surface area contributed by atoms with E-state index < -0.39 is 0 Å². The van der Waals surface area contributed by atoms with Gasteiger partial charge in [0.15, 0.2) is 0 Å². The van der Waals surface area contributed by atoms with E-state index in [1.165, 1.54) is 0 Å². The van der Waals surface area contributed by atoms with Crippen LogP contribution >= 0.6 is 11.6 Å². The predicted molar refractivity (Wildman–Crippen MR) is 73.0 cm³/mol. The molecule has 0 saturated carbocycles.